The zero-order valence-corrected chi connectivity index (χ0v) is 14.5. The number of hydrogen-bond donors (Lipinski definition) is 2. The molecular weight excluding hydrogens is 436 g/mol. The number of nitrogens with zero attached hydrogens (tertiary/aromatic N) is 1. The molecule has 0 amide bonds. The van der Waals surface area contributed by atoms with Gasteiger partial charge >= 0.3 is 12.8 Å². The number of guanidine groups is 1. The number of alkyl halides is 5. The highest BCUT2D eigenvalue weighted by Crippen LogP contribution is 2.20. The normalized spacial score (nSPS) is 11.9. The smallest absolute Gasteiger partial charge is 0.390 e. The van der Waals surface area contributed by atoms with E-state index < -0.39 is 19.2 Å². The standard InChI is InChI=1S/C13H16F5N3O.HI/c1-19-12(20-7-6-13(16,17)18)21-8-9-4-2-3-5-10(9)22-11(14)15;/h2-5,11H,6-8H2,1H3,(H2,19,20,21);1H. The van der Waals surface area contributed by atoms with E-state index >= 15 is 0 Å². The third-order valence-electron chi connectivity index (χ3n) is 2.56. The van der Waals surface area contributed by atoms with Crippen molar-refractivity contribution in [2.24, 2.45) is 4.99 Å². The Morgan fingerprint density at radius 2 is 1.87 bits per heavy atom. The van der Waals surface area contributed by atoms with E-state index in [2.05, 4.69) is 20.4 Å². The van der Waals surface area contributed by atoms with E-state index in [1.54, 1.807) is 12.1 Å². The minimum Gasteiger partial charge on any atom is -0.434 e. The fraction of sp³-hybridized carbons (Fsp3) is 0.462. The van der Waals surface area contributed by atoms with Crippen LogP contribution in [0.2, 0.25) is 0 Å². The Morgan fingerprint density at radius 3 is 2.43 bits per heavy atom. The maximum Gasteiger partial charge on any atom is 0.390 e. The Kier molecular flexibility index (Phi) is 9.84. The summed E-state index contributed by atoms with van der Waals surface area (Å²) in [6, 6.07) is 6.11. The summed E-state index contributed by atoms with van der Waals surface area (Å²) in [5.41, 5.74) is 0.432. The van der Waals surface area contributed by atoms with Gasteiger partial charge in [-0.05, 0) is 6.07 Å². The fourth-order valence-corrected chi connectivity index (χ4v) is 1.58. The maximum atomic E-state index is 12.3. The molecule has 0 atom stereocenters. The van der Waals surface area contributed by atoms with Gasteiger partial charge in [-0.1, -0.05) is 18.2 Å². The minimum absolute atomic E-state index is 0. The summed E-state index contributed by atoms with van der Waals surface area (Å²) in [5.74, 6) is 0.131. The molecule has 0 bridgehead atoms. The lowest BCUT2D eigenvalue weighted by Gasteiger charge is -2.15. The molecule has 0 saturated carbocycles. The van der Waals surface area contributed by atoms with Crippen molar-refractivity contribution >= 4 is 29.9 Å². The average Bonchev–Trinajstić information content (AvgIpc) is 2.42. The van der Waals surface area contributed by atoms with E-state index in [1.807, 2.05) is 0 Å². The van der Waals surface area contributed by atoms with Crippen LogP contribution in [0.15, 0.2) is 29.3 Å². The Hall–Kier alpha value is -1.33. The number of benzene rings is 1. The molecule has 0 fully saturated rings. The van der Waals surface area contributed by atoms with Gasteiger partial charge < -0.3 is 15.4 Å². The van der Waals surface area contributed by atoms with Gasteiger partial charge in [0.2, 0.25) is 0 Å². The van der Waals surface area contributed by atoms with E-state index in [4.69, 9.17) is 0 Å². The highest BCUT2D eigenvalue weighted by atomic mass is 127. The van der Waals surface area contributed by atoms with Gasteiger partial charge in [-0.15, -0.1) is 24.0 Å². The Bertz CT molecular complexity index is 497. The number of aliphatic imine (C=N–C) groups is 1. The molecule has 0 aliphatic rings. The first-order valence-electron chi connectivity index (χ1n) is 6.36. The monoisotopic (exact) mass is 453 g/mol. The second-order valence-corrected chi connectivity index (χ2v) is 4.20. The summed E-state index contributed by atoms with van der Waals surface area (Å²) in [5, 5.41) is 5.22. The van der Waals surface area contributed by atoms with Crippen LogP contribution in [0.25, 0.3) is 0 Å². The van der Waals surface area contributed by atoms with Gasteiger partial charge in [0, 0.05) is 25.7 Å². The fourth-order valence-electron chi connectivity index (χ4n) is 1.58. The van der Waals surface area contributed by atoms with Gasteiger partial charge in [-0.25, -0.2) is 0 Å². The SMILES string of the molecule is CN=C(NCCC(F)(F)F)NCc1ccccc1OC(F)F.I. The van der Waals surface area contributed by atoms with Crippen molar-refractivity contribution in [1.82, 2.24) is 10.6 Å². The number of nitrogens with one attached hydrogen (secondary N) is 2. The lowest BCUT2D eigenvalue weighted by molar-refractivity contribution is -0.132. The largest absolute Gasteiger partial charge is 0.434 e. The maximum absolute atomic E-state index is 12.3. The Labute approximate surface area is 147 Å². The van der Waals surface area contributed by atoms with Crippen LogP contribution in [0, 0.1) is 0 Å². The minimum atomic E-state index is -4.26. The summed E-state index contributed by atoms with van der Waals surface area (Å²) in [4.78, 5) is 3.75. The van der Waals surface area contributed by atoms with Crippen LogP contribution in [0.1, 0.15) is 12.0 Å². The quantitative estimate of drug-likeness (QED) is 0.300. The number of rotatable bonds is 6. The summed E-state index contributed by atoms with van der Waals surface area (Å²) in [6.07, 6.45) is -5.26. The van der Waals surface area contributed by atoms with Gasteiger partial charge in [0.15, 0.2) is 5.96 Å². The van der Waals surface area contributed by atoms with Gasteiger partial charge in [0.05, 0.1) is 6.42 Å². The van der Waals surface area contributed by atoms with Gasteiger partial charge in [0.25, 0.3) is 0 Å². The van der Waals surface area contributed by atoms with Crippen LogP contribution in [-0.2, 0) is 6.54 Å². The van der Waals surface area contributed by atoms with Crippen molar-refractivity contribution in [1.29, 1.82) is 0 Å². The van der Waals surface area contributed by atoms with Crippen LogP contribution in [0.3, 0.4) is 0 Å². The van der Waals surface area contributed by atoms with Crippen molar-refractivity contribution in [3.05, 3.63) is 29.8 Å². The van der Waals surface area contributed by atoms with Crippen molar-refractivity contribution in [2.45, 2.75) is 25.8 Å². The molecule has 0 aliphatic heterocycles. The Balaban J connectivity index is 0.00000484. The van der Waals surface area contributed by atoms with E-state index in [0.29, 0.717) is 5.56 Å². The van der Waals surface area contributed by atoms with E-state index in [9.17, 15) is 22.0 Å². The third-order valence-corrected chi connectivity index (χ3v) is 2.56. The first kappa shape index (κ1) is 21.7. The molecule has 0 saturated heterocycles. The van der Waals surface area contributed by atoms with E-state index in [-0.39, 0.29) is 48.8 Å². The molecule has 23 heavy (non-hydrogen) atoms. The summed E-state index contributed by atoms with van der Waals surface area (Å²) < 4.78 is 65.0. The molecular formula is C13H17F5IN3O. The predicted molar refractivity (Wildman–Crippen MR) is 87.4 cm³/mol. The third kappa shape index (κ3) is 9.41. The molecule has 0 aromatic heterocycles. The van der Waals surface area contributed by atoms with Crippen molar-refractivity contribution in [3.63, 3.8) is 0 Å². The van der Waals surface area contributed by atoms with Crippen molar-refractivity contribution in [2.75, 3.05) is 13.6 Å². The summed E-state index contributed by atoms with van der Waals surface area (Å²) in [6.45, 7) is -3.21. The van der Waals surface area contributed by atoms with E-state index in [1.165, 1.54) is 19.2 Å². The number of para-hydroxylation sites is 1. The molecule has 0 radical (unpaired) electrons. The van der Waals surface area contributed by atoms with Crippen LogP contribution in [-0.4, -0.2) is 32.3 Å². The number of hydrogen-bond acceptors (Lipinski definition) is 2. The average molecular weight is 453 g/mol. The molecule has 10 heteroatoms. The number of halogens is 6. The second-order valence-electron chi connectivity index (χ2n) is 4.20. The molecule has 0 aliphatic carbocycles. The zero-order valence-electron chi connectivity index (χ0n) is 12.2. The van der Waals surface area contributed by atoms with Gasteiger partial charge in [-0.2, -0.15) is 22.0 Å². The summed E-state index contributed by atoms with van der Waals surface area (Å²) in [7, 11) is 1.39. The molecule has 0 spiro atoms. The highest BCUT2D eigenvalue weighted by molar-refractivity contribution is 14.0. The van der Waals surface area contributed by atoms with Crippen LogP contribution in [0.5, 0.6) is 5.75 Å². The highest BCUT2D eigenvalue weighted by Gasteiger charge is 2.26. The summed E-state index contributed by atoms with van der Waals surface area (Å²) >= 11 is 0. The predicted octanol–water partition coefficient (Wildman–Crippen LogP) is 3.52. The molecule has 1 aromatic rings. The Morgan fingerprint density at radius 1 is 1.22 bits per heavy atom. The van der Waals surface area contributed by atoms with Gasteiger partial charge in [-0.3, -0.25) is 4.99 Å². The van der Waals surface area contributed by atoms with Crippen molar-refractivity contribution < 1.29 is 26.7 Å². The molecule has 1 aromatic carbocycles. The molecule has 0 heterocycles. The molecule has 132 valence electrons. The second kappa shape index (κ2) is 10.4. The number of ether oxygens (including phenoxy) is 1. The van der Waals surface area contributed by atoms with Crippen LogP contribution >= 0.6 is 24.0 Å². The zero-order chi connectivity index (χ0) is 16.6. The lowest BCUT2D eigenvalue weighted by Crippen LogP contribution is -2.38. The van der Waals surface area contributed by atoms with E-state index in [0.717, 1.165) is 0 Å². The lowest BCUT2D eigenvalue weighted by atomic mass is 10.2. The molecule has 4 nitrogen and oxygen atoms in total. The molecule has 2 N–H and O–H groups in total. The molecule has 0 unspecified atom stereocenters. The van der Waals surface area contributed by atoms with Crippen LogP contribution < -0.4 is 15.4 Å². The molecule has 1 rings (SSSR count). The van der Waals surface area contributed by atoms with Crippen LogP contribution in [0.4, 0.5) is 22.0 Å². The first-order valence-corrected chi connectivity index (χ1v) is 6.36. The first-order chi connectivity index (χ1) is 10.3. The van der Waals surface area contributed by atoms with Gasteiger partial charge in [0.1, 0.15) is 5.75 Å². The topological polar surface area (TPSA) is 45.7 Å². The van der Waals surface area contributed by atoms with Crippen molar-refractivity contribution in [3.8, 4) is 5.75 Å².